The van der Waals surface area contributed by atoms with Crippen molar-refractivity contribution in [3.8, 4) is 0 Å². The second-order valence-electron chi connectivity index (χ2n) is 2.06. The van der Waals surface area contributed by atoms with Crippen molar-refractivity contribution in [3.05, 3.63) is 24.5 Å². The lowest BCUT2D eigenvalue weighted by atomic mass is 10.2. The van der Waals surface area contributed by atoms with E-state index >= 15 is 0 Å². The Hall–Kier alpha value is -0.830. The first kappa shape index (κ1) is 7.28. The summed E-state index contributed by atoms with van der Waals surface area (Å²) >= 11 is 4.72. The molecule has 3 heteroatoms. The van der Waals surface area contributed by atoms with Crippen LogP contribution in [0.4, 0.5) is 0 Å². The fourth-order valence-electron chi connectivity index (χ4n) is 0.740. The molecule has 0 aromatic rings. The number of ether oxygens (including phenoxy) is 1. The molecular weight excluding hydrogens is 146 g/mol. The molecule has 0 aliphatic carbocycles. The van der Waals surface area contributed by atoms with E-state index in [0.717, 1.165) is 0 Å². The van der Waals surface area contributed by atoms with Crippen LogP contribution in [-0.2, 0) is 4.74 Å². The summed E-state index contributed by atoms with van der Waals surface area (Å²) in [6.07, 6.45) is 7.99. The molecule has 1 rings (SSSR count). The van der Waals surface area contributed by atoms with Crippen molar-refractivity contribution in [3.63, 3.8) is 0 Å². The van der Waals surface area contributed by atoms with Crippen LogP contribution in [0.5, 0.6) is 0 Å². The van der Waals surface area contributed by atoms with E-state index in [1.54, 1.807) is 6.26 Å². The first-order valence-corrected chi connectivity index (χ1v) is 3.47. The fraction of sp³-hybridized carbons (Fsp3) is 0.286. The van der Waals surface area contributed by atoms with Crippen LogP contribution in [0.3, 0.4) is 0 Å². The van der Waals surface area contributed by atoms with Gasteiger partial charge in [-0.1, -0.05) is 18.3 Å². The van der Waals surface area contributed by atoms with Crippen molar-refractivity contribution in [2.24, 2.45) is 5.73 Å². The first-order valence-electron chi connectivity index (χ1n) is 3.06. The maximum absolute atomic E-state index is 5.32. The Morgan fingerprint density at radius 1 is 1.60 bits per heavy atom. The second kappa shape index (κ2) is 3.37. The van der Waals surface area contributed by atoms with Crippen molar-refractivity contribution < 1.29 is 4.74 Å². The molecule has 0 aromatic carbocycles. The Bertz CT molecular complexity index is 186. The molecule has 1 unspecified atom stereocenters. The van der Waals surface area contributed by atoms with E-state index in [0.29, 0.717) is 11.4 Å². The minimum Gasteiger partial charge on any atom is -0.494 e. The number of rotatable bonds is 2. The average Bonchev–Trinajstić information content (AvgIpc) is 1.88. The molecule has 1 aliphatic rings. The average molecular weight is 155 g/mol. The van der Waals surface area contributed by atoms with E-state index in [2.05, 4.69) is 0 Å². The van der Waals surface area contributed by atoms with Crippen molar-refractivity contribution in [1.82, 2.24) is 0 Å². The van der Waals surface area contributed by atoms with Crippen LogP contribution >= 0.6 is 12.2 Å². The maximum atomic E-state index is 5.32. The van der Waals surface area contributed by atoms with Gasteiger partial charge in [0.05, 0.1) is 11.3 Å². The Morgan fingerprint density at radius 3 is 2.90 bits per heavy atom. The van der Waals surface area contributed by atoms with Gasteiger partial charge in [-0.05, 0) is 12.2 Å². The number of thiocarbonyl (C=S) groups is 1. The van der Waals surface area contributed by atoms with Crippen molar-refractivity contribution in [2.75, 3.05) is 0 Å². The van der Waals surface area contributed by atoms with Gasteiger partial charge in [-0.3, -0.25) is 0 Å². The molecule has 2 nitrogen and oxygen atoms in total. The van der Waals surface area contributed by atoms with Gasteiger partial charge in [-0.2, -0.15) is 0 Å². The zero-order valence-electron chi connectivity index (χ0n) is 5.49. The summed E-state index contributed by atoms with van der Waals surface area (Å²) in [5, 5.41) is 0. The van der Waals surface area contributed by atoms with Gasteiger partial charge < -0.3 is 10.5 Å². The molecular formula is C7H9NOS. The molecule has 0 saturated carbocycles. The summed E-state index contributed by atoms with van der Waals surface area (Å²) in [6.45, 7) is 0. The first-order chi connectivity index (χ1) is 4.79. The number of nitrogens with two attached hydrogens (primary N) is 1. The molecule has 1 heterocycles. The predicted octanol–water partition coefficient (Wildman–Crippen LogP) is 1.13. The molecule has 0 radical (unpaired) electrons. The Kier molecular flexibility index (Phi) is 2.45. The van der Waals surface area contributed by atoms with E-state index in [1.165, 1.54) is 0 Å². The van der Waals surface area contributed by atoms with Crippen LogP contribution in [0.15, 0.2) is 24.5 Å². The van der Waals surface area contributed by atoms with Gasteiger partial charge in [0.25, 0.3) is 0 Å². The lowest BCUT2D eigenvalue weighted by molar-refractivity contribution is 0.190. The van der Waals surface area contributed by atoms with Crippen LogP contribution in [0.2, 0.25) is 0 Å². The highest BCUT2D eigenvalue weighted by Crippen LogP contribution is 2.05. The lowest BCUT2D eigenvalue weighted by Crippen LogP contribution is -2.18. The van der Waals surface area contributed by atoms with Crippen LogP contribution in [0, 0.1) is 0 Å². The molecule has 0 saturated heterocycles. The quantitative estimate of drug-likeness (QED) is 0.607. The minimum absolute atomic E-state index is 0.0440. The van der Waals surface area contributed by atoms with Gasteiger partial charge in [-0.25, -0.2) is 0 Å². The van der Waals surface area contributed by atoms with E-state index in [4.69, 9.17) is 22.7 Å². The van der Waals surface area contributed by atoms with Crippen molar-refractivity contribution in [2.45, 2.75) is 12.5 Å². The van der Waals surface area contributed by atoms with Crippen molar-refractivity contribution >= 4 is 17.2 Å². The van der Waals surface area contributed by atoms with Gasteiger partial charge >= 0.3 is 0 Å². The highest BCUT2D eigenvalue weighted by molar-refractivity contribution is 7.80. The van der Waals surface area contributed by atoms with Gasteiger partial charge in [-0.15, -0.1) is 0 Å². The summed E-state index contributed by atoms with van der Waals surface area (Å²) in [6, 6.07) is 0. The Balaban J connectivity index is 2.37. The predicted molar refractivity (Wildman–Crippen MR) is 44.6 cm³/mol. The SMILES string of the molecule is NC(=S)CC1C=CC=CO1. The number of hydrogen-bond acceptors (Lipinski definition) is 2. The normalized spacial score (nSPS) is 22.2. The molecule has 10 heavy (non-hydrogen) atoms. The molecule has 0 amide bonds. The Labute approximate surface area is 65.4 Å². The fourth-order valence-corrected chi connectivity index (χ4v) is 0.904. The summed E-state index contributed by atoms with van der Waals surface area (Å²) in [5.41, 5.74) is 5.32. The van der Waals surface area contributed by atoms with Crippen LogP contribution in [0.1, 0.15) is 6.42 Å². The van der Waals surface area contributed by atoms with Gasteiger partial charge in [0.2, 0.25) is 0 Å². The molecule has 0 spiro atoms. The summed E-state index contributed by atoms with van der Waals surface area (Å²) < 4.78 is 5.15. The summed E-state index contributed by atoms with van der Waals surface area (Å²) in [4.78, 5) is 0.491. The minimum atomic E-state index is 0.0440. The second-order valence-corrected chi connectivity index (χ2v) is 2.58. The van der Waals surface area contributed by atoms with E-state index in [1.807, 2.05) is 18.2 Å². The van der Waals surface area contributed by atoms with Gasteiger partial charge in [0.15, 0.2) is 0 Å². The number of allylic oxidation sites excluding steroid dienone is 2. The van der Waals surface area contributed by atoms with E-state index < -0.39 is 0 Å². The third kappa shape index (κ3) is 2.19. The highest BCUT2D eigenvalue weighted by atomic mass is 32.1. The molecule has 2 N–H and O–H groups in total. The zero-order chi connectivity index (χ0) is 7.40. The van der Waals surface area contributed by atoms with E-state index in [9.17, 15) is 0 Å². The largest absolute Gasteiger partial charge is 0.494 e. The third-order valence-electron chi connectivity index (χ3n) is 1.17. The lowest BCUT2D eigenvalue weighted by Gasteiger charge is -2.13. The van der Waals surface area contributed by atoms with Crippen molar-refractivity contribution in [1.29, 1.82) is 0 Å². The van der Waals surface area contributed by atoms with Crippen LogP contribution < -0.4 is 5.73 Å². The number of hydrogen-bond donors (Lipinski definition) is 1. The molecule has 1 aliphatic heterocycles. The standard InChI is InChI=1S/C7H9NOS/c8-7(10)5-6-3-1-2-4-9-6/h1-4,6H,5H2,(H2,8,10). The van der Waals surface area contributed by atoms with Crippen LogP contribution in [-0.4, -0.2) is 11.1 Å². The van der Waals surface area contributed by atoms with Gasteiger partial charge in [0.1, 0.15) is 6.10 Å². The van der Waals surface area contributed by atoms with Gasteiger partial charge in [0, 0.05) is 6.42 Å². The van der Waals surface area contributed by atoms with Crippen LogP contribution in [0.25, 0.3) is 0 Å². The molecule has 0 bridgehead atoms. The molecule has 1 atom stereocenters. The third-order valence-corrected chi connectivity index (χ3v) is 1.34. The molecule has 0 aromatic heterocycles. The summed E-state index contributed by atoms with van der Waals surface area (Å²) in [7, 11) is 0. The molecule has 0 fully saturated rings. The smallest absolute Gasteiger partial charge is 0.123 e. The monoisotopic (exact) mass is 155 g/mol. The summed E-state index contributed by atoms with van der Waals surface area (Å²) in [5.74, 6) is 0. The maximum Gasteiger partial charge on any atom is 0.123 e. The zero-order valence-corrected chi connectivity index (χ0v) is 6.30. The molecule has 54 valence electrons. The Morgan fingerprint density at radius 2 is 2.40 bits per heavy atom. The topological polar surface area (TPSA) is 35.2 Å². The highest BCUT2D eigenvalue weighted by Gasteiger charge is 2.06. The van der Waals surface area contributed by atoms with E-state index in [-0.39, 0.29) is 6.10 Å².